The Kier molecular flexibility index (Phi) is 41.4. The van der Waals surface area contributed by atoms with E-state index in [0.29, 0.717) is 17.2 Å². The summed E-state index contributed by atoms with van der Waals surface area (Å²) in [5, 5.41) is 74.0. The van der Waals surface area contributed by atoms with Gasteiger partial charge in [0, 0.05) is 70.3 Å². The number of aliphatic hydroxyl groups excluding tert-OH is 6. The van der Waals surface area contributed by atoms with Crippen molar-refractivity contribution in [3.63, 3.8) is 0 Å². The summed E-state index contributed by atoms with van der Waals surface area (Å²) in [6, 6.07) is 0. The lowest BCUT2D eigenvalue weighted by molar-refractivity contribution is -0.293. The number of carbonyl (C=O) groups is 3. The molecule has 31 heteroatoms. The average Bonchev–Trinajstić information content (AvgIpc) is 3.33. The van der Waals surface area contributed by atoms with Crippen LogP contribution in [0.1, 0.15) is 41.5 Å². The fourth-order valence-electron chi connectivity index (χ4n) is 5.62. The Balaban J connectivity index is -0.000000793. The predicted molar refractivity (Wildman–Crippen MR) is 243 cm³/mol. The van der Waals surface area contributed by atoms with Gasteiger partial charge in [0.25, 0.3) is 0 Å². The first-order valence-corrected chi connectivity index (χ1v) is 22.5. The van der Waals surface area contributed by atoms with Crippen LogP contribution in [0.15, 0.2) is 20.5 Å². The molecule has 0 aromatic carbocycles. The maximum Gasteiger partial charge on any atom is 0.335 e. The normalized spacial score (nSPS) is 30.1. The number of azide groups is 4. The molecular weight excluding hydrogens is 1030 g/mol. The molecule has 3 aliphatic heterocycles. The highest BCUT2D eigenvalue weighted by molar-refractivity contribution is 9.09. The van der Waals surface area contributed by atoms with Gasteiger partial charge in [0.05, 0.1) is 34.0 Å². The highest BCUT2D eigenvalue weighted by atomic mass is 79.9. The lowest BCUT2D eigenvalue weighted by Gasteiger charge is -2.41. The first-order valence-electron chi connectivity index (χ1n) is 20.4. The van der Waals surface area contributed by atoms with E-state index in [-0.39, 0.29) is 99.8 Å². The Bertz CT molecular complexity index is 1560. The number of aliphatic carboxylic acids is 1. The van der Waals surface area contributed by atoms with E-state index in [2.05, 4.69) is 92.7 Å². The summed E-state index contributed by atoms with van der Waals surface area (Å²) in [7, 11) is 2.74. The molecule has 3 heterocycles. The Morgan fingerprint density at radius 2 is 0.925 bits per heavy atom. The standard InChI is InChI=1S/C12H21N3O4.C10H17BrO3.C8H13N3O7.C2H5BrO.2C2H5N3O/c1-7-8(2)10(11(16)17-4)19-12(9(7)3)18-6-5-14-15-13;1-5-6(2)8(10(12)13-4)14-9(11)7(5)3;9-11-10-1-2-17-8-5(14)3(12)4(13)6(18-8)7(15)16;3-1-2-4;2*3-5-4-1-2-6/h7-10,12H,5-6H2,1-4H3;5-9H,1-4H3;3-6,8,12-14H,1-2H2,(H,15,16);4H,1-2H2;2*6H,1-2H2/t7-,8-,9?,10?,12+;5-,6-,7?,8?,9-;3-,4-,5?,6?,8+;;;/m000.../s1. The van der Waals surface area contributed by atoms with Crippen LogP contribution >= 0.6 is 31.9 Å². The van der Waals surface area contributed by atoms with Crippen LogP contribution in [-0.4, -0.2) is 187 Å². The molecule has 7 N–H and O–H groups in total. The summed E-state index contributed by atoms with van der Waals surface area (Å²) in [4.78, 5) is 43.7. The average molecular weight is 1100 g/mol. The molecule has 3 fully saturated rings. The second-order valence-electron chi connectivity index (χ2n) is 14.2. The largest absolute Gasteiger partial charge is 0.479 e. The molecule has 0 spiro atoms. The molecule has 0 aromatic heterocycles. The Morgan fingerprint density at radius 3 is 1.28 bits per heavy atom. The summed E-state index contributed by atoms with van der Waals surface area (Å²) < 4.78 is 36.0. The minimum Gasteiger partial charge on any atom is -0.479 e. The number of esters is 2. The molecule has 3 aliphatic rings. The summed E-state index contributed by atoms with van der Waals surface area (Å²) in [5.41, 5.74) is 31.3. The molecule has 29 nitrogen and oxygen atoms in total. The molecule has 0 saturated carbocycles. The number of hydrogen-bond donors (Lipinski definition) is 7. The zero-order chi connectivity index (χ0) is 52.1. The second-order valence-corrected chi connectivity index (χ2v) is 15.9. The third-order valence-electron chi connectivity index (χ3n) is 10.0. The van der Waals surface area contributed by atoms with Gasteiger partial charge in [-0.3, -0.25) is 0 Å². The summed E-state index contributed by atoms with van der Waals surface area (Å²) in [6.45, 7) is 13.2. The number of carbonyl (C=O) groups excluding carboxylic acids is 2. The van der Waals surface area contributed by atoms with E-state index in [4.69, 9.17) is 75.7 Å². The van der Waals surface area contributed by atoms with Gasteiger partial charge in [-0.15, -0.1) is 0 Å². The SMILES string of the molecule is COC(=O)C1O[C@@H](OCCN=[N+]=[N-])C(C)[C@@H](C)[C@@H]1C.COC(=O)C1O[C@H](Br)C(C)[C@@H](C)[C@@H]1C.OCCBr.[N-]=[N+]=NCCO.[N-]=[N+]=NCCO.[N-]=[N+]=NCCO[C@@H]1OC(C(=O)O)[C@@H](O)[C@H](O)C1O. The van der Waals surface area contributed by atoms with Crippen LogP contribution in [-0.2, 0) is 47.5 Å². The van der Waals surface area contributed by atoms with E-state index in [0.717, 1.165) is 0 Å². The lowest BCUT2D eigenvalue weighted by atomic mass is 9.79. The van der Waals surface area contributed by atoms with Gasteiger partial charge in [0.2, 0.25) is 0 Å². The van der Waals surface area contributed by atoms with Gasteiger partial charge in [-0.05, 0) is 51.7 Å². The van der Waals surface area contributed by atoms with Gasteiger partial charge < -0.3 is 68.9 Å². The molecule has 6 unspecified atom stereocenters. The van der Waals surface area contributed by atoms with Gasteiger partial charge in [-0.25, -0.2) is 14.4 Å². The quantitative estimate of drug-likeness (QED) is 0.0290. The molecule has 386 valence electrons. The van der Waals surface area contributed by atoms with E-state index in [1.54, 1.807) is 0 Å². The van der Waals surface area contributed by atoms with Crippen molar-refractivity contribution in [1.29, 1.82) is 0 Å². The van der Waals surface area contributed by atoms with Crippen LogP contribution in [0.3, 0.4) is 0 Å². The number of nitrogens with zero attached hydrogens (tertiary/aromatic N) is 12. The van der Waals surface area contributed by atoms with E-state index in [1.807, 2.05) is 20.8 Å². The summed E-state index contributed by atoms with van der Waals surface area (Å²) >= 11 is 6.43. The van der Waals surface area contributed by atoms with Crippen LogP contribution in [0, 0.1) is 35.5 Å². The molecule has 3 saturated heterocycles. The van der Waals surface area contributed by atoms with Gasteiger partial charge in [-0.2, -0.15) is 0 Å². The Morgan fingerprint density at radius 1 is 0.552 bits per heavy atom. The van der Waals surface area contributed by atoms with Gasteiger partial charge >= 0.3 is 17.9 Å². The van der Waals surface area contributed by atoms with Crippen molar-refractivity contribution in [1.82, 2.24) is 0 Å². The van der Waals surface area contributed by atoms with Crippen molar-refractivity contribution in [3.8, 4) is 0 Å². The monoisotopic (exact) mass is 1100 g/mol. The predicted octanol–water partition coefficient (Wildman–Crippen LogP) is 3.46. The first kappa shape index (κ1) is 67.4. The maximum absolute atomic E-state index is 11.7. The number of rotatable bonds is 16. The Hall–Kier alpha value is -3.83. The summed E-state index contributed by atoms with van der Waals surface area (Å²) in [6.07, 6.45) is -9.70. The number of halogens is 2. The van der Waals surface area contributed by atoms with Crippen molar-refractivity contribution >= 4 is 49.8 Å². The molecule has 3 rings (SSSR count). The van der Waals surface area contributed by atoms with E-state index < -0.39 is 55.2 Å². The van der Waals surface area contributed by atoms with Gasteiger partial charge in [0.1, 0.15) is 23.3 Å². The molecule has 0 aromatic rings. The van der Waals surface area contributed by atoms with Crippen LogP contribution in [0.5, 0.6) is 0 Å². The van der Waals surface area contributed by atoms with Crippen molar-refractivity contribution in [3.05, 3.63) is 41.8 Å². The number of carboxylic acid groups (broad SMARTS) is 1. The van der Waals surface area contributed by atoms with Crippen molar-refractivity contribution in [2.24, 2.45) is 56.0 Å². The molecule has 15 atom stereocenters. The van der Waals surface area contributed by atoms with Gasteiger partial charge in [-0.1, -0.05) is 93.9 Å². The number of ether oxygens (including phenoxy) is 7. The highest BCUT2D eigenvalue weighted by Gasteiger charge is 2.48. The molecule has 67 heavy (non-hydrogen) atoms. The van der Waals surface area contributed by atoms with Crippen LogP contribution < -0.4 is 0 Å². The van der Waals surface area contributed by atoms with E-state index in [9.17, 15) is 29.7 Å². The minimum absolute atomic E-state index is 0.0422. The van der Waals surface area contributed by atoms with Crippen LogP contribution in [0.2, 0.25) is 0 Å². The number of alkyl halides is 2. The zero-order valence-electron chi connectivity index (χ0n) is 38.6. The molecular formula is C36H66Br2N12O17. The maximum atomic E-state index is 11.7. The van der Waals surface area contributed by atoms with Crippen molar-refractivity contribution < 1.29 is 83.3 Å². The third-order valence-corrected chi connectivity index (χ3v) is 11.4. The number of aliphatic hydroxyl groups is 6. The first-order chi connectivity index (χ1) is 31.7. The third kappa shape index (κ3) is 27.1. The fourth-order valence-corrected chi connectivity index (χ4v) is 6.33. The highest BCUT2D eigenvalue weighted by Crippen LogP contribution is 2.38. The van der Waals surface area contributed by atoms with Crippen LogP contribution in [0.25, 0.3) is 41.8 Å². The molecule has 0 radical (unpaired) electrons. The molecule has 0 amide bonds. The lowest BCUT2D eigenvalue weighted by Crippen LogP contribution is -2.60. The van der Waals surface area contributed by atoms with E-state index in [1.165, 1.54) is 14.2 Å². The topological polar surface area (TPSA) is 452 Å². The van der Waals surface area contributed by atoms with Crippen LogP contribution in [0.4, 0.5) is 0 Å². The Labute approximate surface area is 404 Å². The minimum atomic E-state index is -1.76. The second kappa shape index (κ2) is 41.2. The van der Waals surface area contributed by atoms with E-state index >= 15 is 0 Å². The fraction of sp³-hybridized carbons (Fsp3) is 0.917. The number of hydrogen-bond acceptors (Lipinski definition) is 20. The van der Waals surface area contributed by atoms with Gasteiger partial charge in [0.15, 0.2) is 30.9 Å². The summed E-state index contributed by atoms with van der Waals surface area (Å²) in [5.74, 6) is -0.606. The molecule has 0 aliphatic carbocycles. The molecule has 0 bridgehead atoms. The smallest absolute Gasteiger partial charge is 0.335 e. The number of methoxy groups -OCH3 is 2. The van der Waals surface area contributed by atoms with Crippen molar-refractivity contribution in [2.45, 2.75) is 95.8 Å². The zero-order valence-corrected chi connectivity index (χ0v) is 41.7. The number of carboxylic acids is 1. The van der Waals surface area contributed by atoms with Crippen molar-refractivity contribution in [2.75, 3.05) is 78.8 Å².